The highest BCUT2D eigenvalue weighted by atomic mass is 16.5. The zero-order chi connectivity index (χ0) is 19.2. The van der Waals surface area contributed by atoms with E-state index in [1.807, 2.05) is 30.3 Å². The maximum atomic E-state index is 12.6. The third-order valence-corrected chi connectivity index (χ3v) is 5.09. The number of rotatable bonds is 5. The lowest BCUT2D eigenvalue weighted by molar-refractivity contribution is -0.149. The molecule has 7 nitrogen and oxygen atoms in total. The van der Waals surface area contributed by atoms with Crippen molar-refractivity contribution < 1.29 is 19.1 Å². The first-order valence-electron chi connectivity index (χ1n) is 9.60. The van der Waals surface area contributed by atoms with Crippen molar-refractivity contribution in [2.24, 2.45) is 5.92 Å². The number of ether oxygens (including phenoxy) is 1. The van der Waals surface area contributed by atoms with Gasteiger partial charge in [-0.05, 0) is 25.3 Å². The van der Waals surface area contributed by atoms with Crippen molar-refractivity contribution in [2.75, 3.05) is 26.2 Å². The summed E-state index contributed by atoms with van der Waals surface area (Å²) in [5.74, 6) is -0.448. The number of likely N-dealkylation sites (tertiary alicyclic amines) is 2. The van der Waals surface area contributed by atoms with Crippen LogP contribution in [0.5, 0.6) is 0 Å². The fourth-order valence-electron chi connectivity index (χ4n) is 3.71. The summed E-state index contributed by atoms with van der Waals surface area (Å²) in [5.41, 5.74) is 1.08. The molecule has 0 radical (unpaired) electrons. The number of amides is 3. The fraction of sp³-hybridized carbons (Fsp3) is 0.550. The average molecular weight is 373 g/mol. The molecule has 0 spiro atoms. The van der Waals surface area contributed by atoms with Crippen molar-refractivity contribution in [1.29, 1.82) is 0 Å². The number of hydrogen-bond acceptors (Lipinski definition) is 4. The molecule has 2 saturated heterocycles. The number of carbonyl (C=O) groups is 3. The van der Waals surface area contributed by atoms with Crippen LogP contribution in [-0.2, 0) is 20.9 Å². The van der Waals surface area contributed by atoms with E-state index in [0.29, 0.717) is 39.2 Å². The second-order valence-corrected chi connectivity index (χ2v) is 7.15. The molecule has 2 aliphatic rings. The van der Waals surface area contributed by atoms with Crippen LogP contribution < -0.4 is 5.32 Å². The SMILES string of the molecule is CCOC(=O)C1CCCN(C(=O)NC2CC(=O)N(Cc3ccccc3)C2)C1. The quantitative estimate of drug-likeness (QED) is 0.798. The van der Waals surface area contributed by atoms with Crippen molar-refractivity contribution in [3.05, 3.63) is 35.9 Å². The molecule has 3 rings (SSSR count). The van der Waals surface area contributed by atoms with E-state index in [-0.39, 0.29) is 29.9 Å². The van der Waals surface area contributed by atoms with E-state index >= 15 is 0 Å². The number of esters is 1. The molecule has 2 atom stereocenters. The van der Waals surface area contributed by atoms with Crippen LogP contribution in [0.4, 0.5) is 4.79 Å². The minimum Gasteiger partial charge on any atom is -0.466 e. The number of nitrogens with one attached hydrogen (secondary N) is 1. The standard InChI is InChI=1S/C20H27N3O4/c1-2-27-19(25)16-9-6-10-22(13-16)20(26)21-17-11-18(24)23(14-17)12-15-7-4-3-5-8-15/h3-5,7-8,16-17H,2,6,9-14H2,1H3,(H,21,26). The fourth-order valence-corrected chi connectivity index (χ4v) is 3.71. The summed E-state index contributed by atoms with van der Waals surface area (Å²) in [6.07, 6.45) is 1.84. The number of urea groups is 1. The lowest BCUT2D eigenvalue weighted by Gasteiger charge is -2.32. The van der Waals surface area contributed by atoms with E-state index in [4.69, 9.17) is 4.74 Å². The van der Waals surface area contributed by atoms with Crippen LogP contribution in [0.25, 0.3) is 0 Å². The van der Waals surface area contributed by atoms with Crippen LogP contribution >= 0.6 is 0 Å². The Kier molecular flexibility index (Phi) is 6.32. The molecule has 0 bridgehead atoms. The van der Waals surface area contributed by atoms with Crippen LogP contribution in [0.2, 0.25) is 0 Å². The highest BCUT2D eigenvalue weighted by molar-refractivity contribution is 5.82. The highest BCUT2D eigenvalue weighted by Gasteiger charge is 2.34. The van der Waals surface area contributed by atoms with E-state index in [2.05, 4.69) is 5.32 Å². The van der Waals surface area contributed by atoms with E-state index in [0.717, 1.165) is 18.4 Å². The Labute approximate surface area is 159 Å². The second kappa shape index (κ2) is 8.88. The van der Waals surface area contributed by atoms with Gasteiger partial charge in [-0.15, -0.1) is 0 Å². The molecular weight excluding hydrogens is 346 g/mol. The lowest BCUT2D eigenvalue weighted by atomic mass is 9.98. The van der Waals surface area contributed by atoms with Crippen molar-refractivity contribution in [3.8, 4) is 0 Å². The number of nitrogens with zero attached hydrogens (tertiary/aromatic N) is 2. The molecule has 2 aliphatic heterocycles. The number of piperidine rings is 1. The summed E-state index contributed by atoms with van der Waals surface area (Å²) in [6.45, 7) is 4.19. The van der Waals surface area contributed by atoms with Gasteiger partial charge in [0, 0.05) is 32.6 Å². The summed E-state index contributed by atoms with van der Waals surface area (Å²) < 4.78 is 5.08. The highest BCUT2D eigenvalue weighted by Crippen LogP contribution is 2.19. The summed E-state index contributed by atoms with van der Waals surface area (Å²) in [5, 5.41) is 2.96. The van der Waals surface area contributed by atoms with Gasteiger partial charge in [0.2, 0.25) is 5.91 Å². The molecule has 1 aromatic rings. The predicted molar refractivity (Wildman–Crippen MR) is 99.7 cm³/mol. The van der Waals surface area contributed by atoms with Crippen molar-refractivity contribution in [2.45, 2.75) is 38.8 Å². The second-order valence-electron chi connectivity index (χ2n) is 7.15. The number of hydrogen-bond donors (Lipinski definition) is 1. The van der Waals surface area contributed by atoms with Gasteiger partial charge in [0.1, 0.15) is 0 Å². The lowest BCUT2D eigenvalue weighted by Crippen LogP contribution is -2.50. The third-order valence-electron chi connectivity index (χ3n) is 5.09. The van der Waals surface area contributed by atoms with Gasteiger partial charge >= 0.3 is 12.0 Å². The third kappa shape index (κ3) is 4.99. The molecule has 146 valence electrons. The maximum Gasteiger partial charge on any atom is 0.317 e. The Morgan fingerprint density at radius 1 is 1.22 bits per heavy atom. The summed E-state index contributed by atoms with van der Waals surface area (Å²) in [4.78, 5) is 40.2. The molecule has 2 unspecified atom stereocenters. The molecule has 0 aromatic heterocycles. The zero-order valence-corrected chi connectivity index (χ0v) is 15.7. The van der Waals surface area contributed by atoms with Crippen molar-refractivity contribution >= 4 is 17.9 Å². The van der Waals surface area contributed by atoms with Gasteiger partial charge in [-0.1, -0.05) is 30.3 Å². The smallest absolute Gasteiger partial charge is 0.317 e. The Hall–Kier alpha value is -2.57. The zero-order valence-electron chi connectivity index (χ0n) is 15.7. The Morgan fingerprint density at radius 2 is 2.00 bits per heavy atom. The number of carbonyl (C=O) groups excluding carboxylic acids is 3. The largest absolute Gasteiger partial charge is 0.466 e. The Balaban J connectivity index is 1.50. The van der Waals surface area contributed by atoms with Crippen LogP contribution in [0, 0.1) is 5.92 Å². The molecule has 1 N–H and O–H groups in total. The van der Waals surface area contributed by atoms with Crippen LogP contribution in [-0.4, -0.2) is 60.0 Å². The van der Waals surface area contributed by atoms with Gasteiger partial charge in [-0.3, -0.25) is 9.59 Å². The minimum absolute atomic E-state index is 0.0483. The van der Waals surface area contributed by atoms with Gasteiger partial charge in [0.25, 0.3) is 0 Å². The molecule has 2 heterocycles. The molecule has 1 aromatic carbocycles. The van der Waals surface area contributed by atoms with E-state index in [9.17, 15) is 14.4 Å². The maximum absolute atomic E-state index is 12.6. The van der Waals surface area contributed by atoms with E-state index < -0.39 is 0 Å². The molecule has 7 heteroatoms. The minimum atomic E-state index is -0.260. The molecule has 0 saturated carbocycles. The van der Waals surface area contributed by atoms with Crippen LogP contribution in [0.3, 0.4) is 0 Å². The van der Waals surface area contributed by atoms with E-state index in [1.54, 1.807) is 16.7 Å². The Morgan fingerprint density at radius 3 is 2.74 bits per heavy atom. The predicted octanol–water partition coefficient (Wildman–Crippen LogP) is 1.77. The first kappa shape index (κ1) is 19.2. The monoisotopic (exact) mass is 373 g/mol. The van der Waals surface area contributed by atoms with Gasteiger partial charge in [-0.25, -0.2) is 4.79 Å². The van der Waals surface area contributed by atoms with Crippen LogP contribution in [0.15, 0.2) is 30.3 Å². The van der Waals surface area contributed by atoms with Crippen molar-refractivity contribution in [1.82, 2.24) is 15.1 Å². The van der Waals surface area contributed by atoms with Crippen molar-refractivity contribution in [3.63, 3.8) is 0 Å². The molecule has 27 heavy (non-hydrogen) atoms. The molecular formula is C20H27N3O4. The summed E-state index contributed by atoms with van der Waals surface area (Å²) >= 11 is 0. The number of benzene rings is 1. The molecule has 2 fully saturated rings. The average Bonchev–Trinajstić information content (AvgIpc) is 3.01. The van der Waals surface area contributed by atoms with E-state index in [1.165, 1.54) is 0 Å². The van der Waals surface area contributed by atoms with Crippen LogP contribution in [0.1, 0.15) is 31.7 Å². The molecule has 3 amide bonds. The summed E-state index contributed by atoms with van der Waals surface area (Å²) in [7, 11) is 0. The normalized spacial score (nSPS) is 22.6. The topological polar surface area (TPSA) is 79.0 Å². The molecule has 0 aliphatic carbocycles. The Bertz CT molecular complexity index is 679. The first-order valence-corrected chi connectivity index (χ1v) is 9.60. The van der Waals surface area contributed by atoms with Gasteiger partial charge in [0.15, 0.2) is 0 Å². The van der Waals surface area contributed by atoms with Gasteiger partial charge in [-0.2, -0.15) is 0 Å². The summed E-state index contributed by atoms with van der Waals surface area (Å²) in [6, 6.07) is 9.42. The van der Waals surface area contributed by atoms with Gasteiger partial charge in [0.05, 0.1) is 18.6 Å². The first-order chi connectivity index (χ1) is 13.1. The van der Waals surface area contributed by atoms with Gasteiger partial charge < -0.3 is 19.9 Å².